The molecule has 6 aromatic heterocycles. The van der Waals surface area contributed by atoms with E-state index in [-0.39, 0.29) is 5.91 Å². The van der Waals surface area contributed by atoms with Crippen LogP contribution in [-0.4, -0.2) is 46.0 Å². The number of imidazole rings is 1. The molecule has 0 aromatic carbocycles. The van der Waals surface area contributed by atoms with E-state index in [0.717, 1.165) is 46.0 Å². The summed E-state index contributed by atoms with van der Waals surface area (Å²) in [6.07, 6.45) is 17.0. The van der Waals surface area contributed by atoms with Crippen molar-refractivity contribution in [2.24, 2.45) is 5.92 Å². The average molecular weight is 530 g/mol. The normalized spacial score (nSPS) is 14.1. The van der Waals surface area contributed by atoms with Crippen LogP contribution in [0.3, 0.4) is 0 Å². The van der Waals surface area contributed by atoms with Crippen LogP contribution in [-0.2, 0) is 4.79 Å². The van der Waals surface area contributed by atoms with Crippen LogP contribution in [0.25, 0.3) is 56.0 Å². The van der Waals surface area contributed by atoms with Gasteiger partial charge in [-0.05, 0) is 54.7 Å². The number of carbonyl (C=O) groups excluding carboxylic acids is 1. The molecule has 10 heteroatoms. The van der Waals surface area contributed by atoms with Crippen molar-refractivity contribution in [1.82, 2.24) is 40.1 Å². The highest BCUT2D eigenvalue weighted by Gasteiger charge is 2.19. The predicted molar refractivity (Wildman–Crippen MR) is 153 cm³/mol. The number of nitrogens with one attached hydrogen (secondary N) is 3. The summed E-state index contributed by atoms with van der Waals surface area (Å²) < 4.78 is 0. The lowest BCUT2D eigenvalue weighted by atomic mass is 9.87. The number of anilines is 1. The summed E-state index contributed by atoms with van der Waals surface area (Å²) in [4.78, 5) is 38.4. The molecule has 1 saturated carbocycles. The standard InChI is InChI=1S/C30H27N9O/c40-25(12-18-4-2-1-3-5-18)35-22-13-20(15-32-17-22)21-14-24-27(38-39-28(24)34-16-21)30-36-26-23(8-11-33-29(26)37-30)19-6-9-31-10-7-19/h6-11,13-18H,1-5,12H2,(H,35,40)(H,33,36,37)(H,34,38,39). The molecule has 0 spiro atoms. The molecule has 1 aliphatic rings. The Balaban J connectivity index is 1.19. The number of amides is 1. The van der Waals surface area contributed by atoms with Crippen molar-refractivity contribution < 1.29 is 4.79 Å². The Morgan fingerprint density at radius 3 is 2.60 bits per heavy atom. The Hall–Kier alpha value is -4.99. The second kappa shape index (κ2) is 10.3. The van der Waals surface area contributed by atoms with Gasteiger partial charge in [-0.25, -0.2) is 15.0 Å². The number of carbonyl (C=O) groups is 1. The maximum absolute atomic E-state index is 12.7. The van der Waals surface area contributed by atoms with Crippen LogP contribution in [0.5, 0.6) is 0 Å². The van der Waals surface area contributed by atoms with Crippen LogP contribution in [0.2, 0.25) is 0 Å². The number of hydrogen-bond acceptors (Lipinski definition) is 7. The van der Waals surface area contributed by atoms with Gasteiger partial charge in [0, 0.05) is 54.1 Å². The van der Waals surface area contributed by atoms with Crippen molar-refractivity contribution in [3.63, 3.8) is 0 Å². The third-order valence-corrected chi connectivity index (χ3v) is 7.58. The maximum Gasteiger partial charge on any atom is 0.224 e. The third kappa shape index (κ3) is 4.68. The van der Waals surface area contributed by atoms with Crippen LogP contribution in [0, 0.1) is 5.92 Å². The molecule has 40 heavy (non-hydrogen) atoms. The number of aromatic nitrogens is 8. The smallest absolute Gasteiger partial charge is 0.224 e. The third-order valence-electron chi connectivity index (χ3n) is 7.58. The largest absolute Gasteiger partial charge is 0.335 e. The van der Waals surface area contributed by atoms with E-state index in [0.29, 0.717) is 40.8 Å². The van der Waals surface area contributed by atoms with E-state index < -0.39 is 0 Å². The number of pyridine rings is 4. The van der Waals surface area contributed by atoms with Crippen LogP contribution >= 0.6 is 0 Å². The molecule has 10 nitrogen and oxygen atoms in total. The fourth-order valence-corrected chi connectivity index (χ4v) is 5.57. The van der Waals surface area contributed by atoms with Gasteiger partial charge in [-0.1, -0.05) is 19.3 Å². The lowest BCUT2D eigenvalue weighted by Crippen LogP contribution is -2.18. The highest BCUT2D eigenvalue weighted by atomic mass is 16.1. The van der Waals surface area contributed by atoms with Gasteiger partial charge < -0.3 is 10.3 Å². The van der Waals surface area contributed by atoms with Gasteiger partial charge in [0.05, 0.1) is 22.8 Å². The second-order valence-corrected chi connectivity index (χ2v) is 10.3. The highest BCUT2D eigenvalue weighted by molar-refractivity contribution is 5.96. The first kappa shape index (κ1) is 24.1. The fraction of sp³-hybridized carbons (Fsp3) is 0.233. The van der Waals surface area contributed by atoms with Gasteiger partial charge in [-0.3, -0.25) is 19.9 Å². The number of aromatic amines is 2. The minimum absolute atomic E-state index is 0.0428. The zero-order chi connectivity index (χ0) is 26.9. The van der Waals surface area contributed by atoms with E-state index in [9.17, 15) is 4.79 Å². The quantitative estimate of drug-likeness (QED) is 0.243. The summed E-state index contributed by atoms with van der Waals surface area (Å²) in [5, 5.41) is 11.3. The maximum atomic E-state index is 12.7. The van der Waals surface area contributed by atoms with Gasteiger partial charge in [0.15, 0.2) is 17.1 Å². The van der Waals surface area contributed by atoms with Gasteiger partial charge in [-0.2, -0.15) is 5.10 Å². The van der Waals surface area contributed by atoms with E-state index in [4.69, 9.17) is 4.98 Å². The lowest BCUT2D eigenvalue weighted by Gasteiger charge is -2.20. The first-order valence-corrected chi connectivity index (χ1v) is 13.6. The number of H-pyrrole nitrogens is 2. The van der Waals surface area contributed by atoms with E-state index in [2.05, 4.69) is 40.4 Å². The van der Waals surface area contributed by atoms with Crippen LogP contribution in [0.4, 0.5) is 5.69 Å². The number of rotatable bonds is 6. The van der Waals surface area contributed by atoms with Crippen LogP contribution in [0.15, 0.2) is 67.5 Å². The summed E-state index contributed by atoms with van der Waals surface area (Å²) in [5.74, 6) is 1.14. The molecule has 1 amide bonds. The van der Waals surface area contributed by atoms with Crippen molar-refractivity contribution in [2.75, 3.05) is 5.32 Å². The van der Waals surface area contributed by atoms with Crippen molar-refractivity contribution in [2.45, 2.75) is 38.5 Å². The van der Waals surface area contributed by atoms with Gasteiger partial charge in [0.2, 0.25) is 5.91 Å². The minimum atomic E-state index is 0.0428. The molecule has 1 aliphatic carbocycles. The Bertz CT molecular complexity index is 1820. The van der Waals surface area contributed by atoms with Crippen LogP contribution in [0.1, 0.15) is 38.5 Å². The zero-order valence-corrected chi connectivity index (χ0v) is 21.8. The van der Waals surface area contributed by atoms with E-state index >= 15 is 0 Å². The Kier molecular flexibility index (Phi) is 6.19. The van der Waals surface area contributed by atoms with E-state index in [1.54, 1.807) is 37.2 Å². The van der Waals surface area contributed by atoms with E-state index in [1.807, 2.05) is 30.3 Å². The molecular weight excluding hydrogens is 502 g/mol. The van der Waals surface area contributed by atoms with Crippen molar-refractivity contribution in [3.8, 4) is 33.8 Å². The number of nitrogens with zero attached hydrogens (tertiary/aromatic N) is 6. The molecule has 7 rings (SSSR count). The molecule has 6 aromatic rings. The fourth-order valence-electron chi connectivity index (χ4n) is 5.57. The van der Waals surface area contributed by atoms with Crippen molar-refractivity contribution in [3.05, 3.63) is 67.5 Å². The molecule has 1 fully saturated rings. The second-order valence-electron chi connectivity index (χ2n) is 10.3. The molecule has 6 heterocycles. The summed E-state index contributed by atoms with van der Waals surface area (Å²) in [6.45, 7) is 0. The molecule has 0 bridgehead atoms. The summed E-state index contributed by atoms with van der Waals surface area (Å²) in [7, 11) is 0. The summed E-state index contributed by atoms with van der Waals surface area (Å²) >= 11 is 0. The zero-order valence-electron chi connectivity index (χ0n) is 21.8. The van der Waals surface area contributed by atoms with Crippen molar-refractivity contribution in [1.29, 1.82) is 0 Å². The van der Waals surface area contributed by atoms with Crippen LogP contribution < -0.4 is 5.32 Å². The number of hydrogen-bond donors (Lipinski definition) is 3. The molecule has 0 atom stereocenters. The first-order valence-electron chi connectivity index (χ1n) is 13.6. The molecule has 0 saturated heterocycles. The van der Waals surface area contributed by atoms with Gasteiger partial charge >= 0.3 is 0 Å². The summed E-state index contributed by atoms with van der Waals surface area (Å²) in [5.41, 5.74) is 7.13. The SMILES string of the molecule is O=C(CC1CCCCC1)Nc1cncc(-c2cnc3n[nH]c(-c4nc5nccc(-c6ccncc6)c5[nH]4)c3c2)c1. The highest BCUT2D eigenvalue weighted by Crippen LogP contribution is 2.32. The van der Waals surface area contributed by atoms with Gasteiger partial charge in [-0.15, -0.1) is 0 Å². The molecule has 198 valence electrons. The predicted octanol–water partition coefficient (Wildman–Crippen LogP) is 5.93. The minimum Gasteiger partial charge on any atom is -0.335 e. The lowest BCUT2D eigenvalue weighted by molar-refractivity contribution is -0.117. The summed E-state index contributed by atoms with van der Waals surface area (Å²) in [6, 6.07) is 9.81. The monoisotopic (exact) mass is 529 g/mol. The Labute approximate surface area is 229 Å². The molecular formula is C30H27N9O. The van der Waals surface area contributed by atoms with Crippen molar-refractivity contribution >= 4 is 33.8 Å². The first-order chi connectivity index (χ1) is 19.7. The van der Waals surface area contributed by atoms with Gasteiger partial charge in [0.25, 0.3) is 0 Å². The Morgan fingerprint density at radius 1 is 0.875 bits per heavy atom. The van der Waals surface area contributed by atoms with E-state index in [1.165, 1.54) is 19.3 Å². The molecule has 0 aliphatic heterocycles. The topological polar surface area (TPSA) is 138 Å². The van der Waals surface area contributed by atoms with Gasteiger partial charge in [0.1, 0.15) is 5.69 Å². The number of fused-ring (bicyclic) bond motifs is 2. The molecule has 0 unspecified atom stereocenters. The average Bonchev–Trinajstić information content (AvgIpc) is 3.62. The molecule has 0 radical (unpaired) electrons. The Morgan fingerprint density at radius 2 is 1.73 bits per heavy atom. The molecule has 3 N–H and O–H groups in total.